The molecule has 0 spiro atoms. The van der Waals surface area contributed by atoms with E-state index in [2.05, 4.69) is 26.3 Å². The van der Waals surface area contributed by atoms with Gasteiger partial charge in [0.1, 0.15) is 5.71 Å². The maximum absolute atomic E-state index is 12.5. The number of amides is 2. The van der Waals surface area contributed by atoms with Crippen LogP contribution >= 0.6 is 15.9 Å². The van der Waals surface area contributed by atoms with E-state index >= 15 is 0 Å². The van der Waals surface area contributed by atoms with Crippen molar-refractivity contribution in [2.45, 2.75) is 32.2 Å². The molecule has 3 rings (SSSR count). The summed E-state index contributed by atoms with van der Waals surface area (Å²) in [5.41, 5.74) is 1.90. The minimum atomic E-state index is -3.13. The monoisotopic (exact) mass is 427 g/mol. The summed E-state index contributed by atoms with van der Waals surface area (Å²) in [4.78, 5) is 24.6. The summed E-state index contributed by atoms with van der Waals surface area (Å²) in [5.74, 6) is -0.673. The zero-order valence-corrected chi connectivity index (χ0v) is 16.1. The number of halogens is 1. The van der Waals surface area contributed by atoms with Crippen molar-refractivity contribution in [1.82, 2.24) is 5.01 Å². The lowest BCUT2D eigenvalue weighted by Crippen LogP contribution is -2.42. The maximum atomic E-state index is 12.5. The lowest BCUT2D eigenvalue weighted by molar-refractivity contribution is -0.133. The van der Waals surface area contributed by atoms with Gasteiger partial charge in [0.05, 0.1) is 23.2 Å². The Bertz CT molecular complexity index is 866. The molecule has 1 fully saturated rings. The van der Waals surface area contributed by atoms with Gasteiger partial charge >= 0.3 is 0 Å². The Morgan fingerprint density at radius 2 is 2.12 bits per heavy atom. The molecule has 25 heavy (non-hydrogen) atoms. The average molecular weight is 428 g/mol. The third-order valence-corrected chi connectivity index (χ3v) is 6.66. The zero-order valence-electron chi connectivity index (χ0n) is 13.7. The molecule has 2 amide bonds. The molecule has 0 aromatic heterocycles. The summed E-state index contributed by atoms with van der Waals surface area (Å²) in [7, 11) is -3.13. The number of hydrogen-bond donors (Lipinski definition) is 1. The first-order chi connectivity index (χ1) is 11.7. The second-order valence-corrected chi connectivity index (χ2v) is 9.36. The highest BCUT2D eigenvalue weighted by Crippen LogP contribution is 2.25. The van der Waals surface area contributed by atoms with Gasteiger partial charge in [-0.15, -0.1) is 0 Å². The molecule has 1 atom stereocenters. The number of carbonyl (C=O) groups is 2. The number of sulfone groups is 1. The van der Waals surface area contributed by atoms with E-state index in [0.717, 1.165) is 10.0 Å². The Hall–Kier alpha value is -1.74. The van der Waals surface area contributed by atoms with Gasteiger partial charge in [0.2, 0.25) is 5.91 Å². The quantitative estimate of drug-likeness (QED) is 0.795. The highest BCUT2D eigenvalue weighted by atomic mass is 79.9. The van der Waals surface area contributed by atoms with Crippen molar-refractivity contribution in [3.63, 3.8) is 0 Å². The molecule has 1 saturated heterocycles. The molecule has 7 nitrogen and oxygen atoms in total. The molecule has 2 aliphatic rings. The number of rotatable bonds is 3. The van der Waals surface area contributed by atoms with E-state index in [-0.39, 0.29) is 41.9 Å². The third-order valence-electron chi connectivity index (χ3n) is 4.25. The summed E-state index contributed by atoms with van der Waals surface area (Å²) < 4.78 is 24.0. The van der Waals surface area contributed by atoms with E-state index in [1.807, 2.05) is 19.1 Å². The molecule has 0 saturated carbocycles. The van der Waals surface area contributed by atoms with E-state index in [4.69, 9.17) is 0 Å². The number of anilines is 1. The predicted molar refractivity (Wildman–Crippen MR) is 98.1 cm³/mol. The molecule has 2 aliphatic heterocycles. The van der Waals surface area contributed by atoms with Crippen molar-refractivity contribution < 1.29 is 18.0 Å². The van der Waals surface area contributed by atoms with Gasteiger partial charge in [0.15, 0.2) is 9.84 Å². The van der Waals surface area contributed by atoms with Crippen LogP contribution in [0.2, 0.25) is 0 Å². The van der Waals surface area contributed by atoms with Crippen LogP contribution in [0, 0.1) is 6.92 Å². The Kier molecular flexibility index (Phi) is 4.97. The first-order valence-electron chi connectivity index (χ1n) is 7.92. The van der Waals surface area contributed by atoms with Gasteiger partial charge in [-0.2, -0.15) is 5.10 Å². The van der Waals surface area contributed by atoms with Gasteiger partial charge < -0.3 is 5.32 Å². The van der Waals surface area contributed by atoms with Gasteiger partial charge in [-0.3, -0.25) is 9.59 Å². The van der Waals surface area contributed by atoms with Gasteiger partial charge in [-0.05, 0) is 47.0 Å². The summed E-state index contributed by atoms with van der Waals surface area (Å²) >= 11 is 3.40. The van der Waals surface area contributed by atoms with E-state index in [9.17, 15) is 18.0 Å². The molecule has 0 radical (unpaired) electrons. The van der Waals surface area contributed by atoms with Gasteiger partial charge in [-0.25, -0.2) is 13.4 Å². The number of hydrazone groups is 1. The Morgan fingerprint density at radius 3 is 2.76 bits per heavy atom. The molecule has 134 valence electrons. The fraction of sp³-hybridized carbons (Fsp3) is 0.438. The van der Waals surface area contributed by atoms with Crippen molar-refractivity contribution in [1.29, 1.82) is 0 Å². The number of aryl methyl sites for hydroxylation is 1. The van der Waals surface area contributed by atoms with Crippen molar-refractivity contribution in [3.8, 4) is 0 Å². The number of carbonyl (C=O) groups excluding carboxylic acids is 2. The molecule has 1 aromatic rings. The van der Waals surface area contributed by atoms with Gasteiger partial charge in [0, 0.05) is 17.3 Å². The van der Waals surface area contributed by atoms with Gasteiger partial charge in [-0.1, -0.05) is 6.07 Å². The predicted octanol–water partition coefficient (Wildman–Crippen LogP) is 1.86. The summed E-state index contributed by atoms with van der Waals surface area (Å²) in [6.07, 6.45) is 0.748. The van der Waals surface area contributed by atoms with E-state index in [1.54, 1.807) is 6.07 Å². The van der Waals surface area contributed by atoms with E-state index < -0.39 is 15.9 Å². The summed E-state index contributed by atoms with van der Waals surface area (Å²) in [5, 5.41) is 8.13. The third kappa shape index (κ3) is 4.09. The van der Waals surface area contributed by atoms with Crippen molar-refractivity contribution in [2.75, 3.05) is 16.8 Å². The molecule has 1 aromatic carbocycles. The van der Waals surface area contributed by atoms with E-state index in [0.29, 0.717) is 12.1 Å². The highest BCUT2D eigenvalue weighted by molar-refractivity contribution is 9.10. The molecule has 0 unspecified atom stereocenters. The van der Waals surface area contributed by atoms with Crippen LogP contribution < -0.4 is 5.32 Å². The molecule has 0 bridgehead atoms. The van der Waals surface area contributed by atoms with Crippen LogP contribution in [0.3, 0.4) is 0 Å². The molecule has 9 heteroatoms. The molecule has 1 N–H and O–H groups in total. The second-order valence-electron chi connectivity index (χ2n) is 6.28. The normalized spacial score (nSPS) is 22.6. The number of nitrogens with one attached hydrogen (secondary N) is 1. The summed E-state index contributed by atoms with van der Waals surface area (Å²) in [6.45, 7) is 1.95. The molecule has 2 heterocycles. The SMILES string of the molecule is Cc1ccc(NC(=O)C2=NN([C@@H]3CCS(=O)(=O)C3)C(=O)CC2)c(Br)c1. The van der Waals surface area contributed by atoms with Crippen molar-refractivity contribution in [3.05, 3.63) is 28.2 Å². The summed E-state index contributed by atoms with van der Waals surface area (Å²) in [6, 6.07) is 5.07. The van der Waals surface area contributed by atoms with E-state index in [1.165, 1.54) is 5.01 Å². The van der Waals surface area contributed by atoms with Crippen molar-refractivity contribution >= 4 is 49.0 Å². The van der Waals surface area contributed by atoms with Crippen LogP contribution in [0.25, 0.3) is 0 Å². The van der Waals surface area contributed by atoms with Crippen LogP contribution in [-0.2, 0) is 19.4 Å². The Labute approximate surface area is 154 Å². The lowest BCUT2D eigenvalue weighted by atomic mass is 10.1. The molecule has 0 aliphatic carbocycles. The van der Waals surface area contributed by atoms with Gasteiger partial charge in [0.25, 0.3) is 5.91 Å². The molecular weight excluding hydrogens is 410 g/mol. The second kappa shape index (κ2) is 6.87. The highest BCUT2D eigenvalue weighted by Gasteiger charge is 2.37. The maximum Gasteiger partial charge on any atom is 0.271 e. The topological polar surface area (TPSA) is 95.9 Å². The smallest absolute Gasteiger partial charge is 0.271 e. The number of hydrogen-bond acceptors (Lipinski definition) is 5. The standard InChI is InChI=1S/C16H18BrN3O4S/c1-10-2-3-13(12(17)8-10)18-16(22)14-4-5-15(21)20(19-14)11-6-7-25(23,24)9-11/h2-3,8,11H,4-7,9H2,1H3,(H,18,22)/t11-/m1/s1. The van der Waals surface area contributed by atoms with Crippen molar-refractivity contribution in [2.24, 2.45) is 5.10 Å². The average Bonchev–Trinajstić information content (AvgIpc) is 2.90. The number of benzene rings is 1. The molecular formula is C16H18BrN3O4S. The van der Waals surface area contributed by atoms with Crippen LogP contribution in [0.5, 0.6) is 0 Å². The fourth-order valence-electron chi connectivity index (χ4n) is 2.90. The first-order valence-corrected chi connectivity index (χ1v) is 10.5. The minimum Gasteiger partial charge on any atom is -0.320 e. The Morgan fingerprint density at radius 1 is 1.36 bits per heavy atom. The van der Waals surface area contributed by atoms with Crippen LogP contribution in [0.4, 0.5) is 5.69 Å². The largest absolute Gasteiger partial charge is 0.320 e. The minimum absolute atomic E-state index is 0.0504. The zero-order chi connectivity index (χ0) is 18.2. The first kappa shape index (κ1) is 18.1. The fourth-order valence-corrected chi connectivity index (χ4v) is 5.19. The van der Waals surface area contributed by atoms with Crippen LogP contribution in [0.1, 0.15) is 24.8 Å². The lowest BCUT2D eigenvalue weighted by Gasteiger charge is -2.27. The van der Waals surface area contributed by atoms with Crippen LogP contribution in [0.15, 0.2) is 27.8 Å². The van der Waals surface area contributed by atoms with Crippen LogP contribution in [-0.4, -0.2) is 48.5 Å². The number of nitrogens with zero attached hydrogens (tertiary/aromatic N) is 2. The Balaban J connectivity index is 1.77.